The third-order valence-corrected chi connectivity index (χ3v) is 11.2. The molecule has 0 saturated carbocycles. The van der Waals surface area contributed by atoms with E-state index in [4.69, 9.17) is 57.4 Å². The minimum Gasteiger partial charge on any atom is -0.507 e. The number of nitrogens with two attached hydrogens (primary N) is 1. The van der Waals surface area contributed by atoms with Gasteiger partial charge in [-0.25, -0.2) is 0 Å². The molecule has 5 heterocycles. The molecule has 5 fully saturated rings. The van der Waals surface area contributed by atoms with Gasteiger partial charge in [0.2, 0.25) is 5.91 Å². The molecule has 20 heteroatoms. The second-order valence-corrected chi connectivity index (χ2v) is 16.3. The molecule has 0 aromatic heterocycles. The van der Waals surface area contributed by atoms with Crippen LogP contribution in [0, 0.1) is 0 Å². The number of hydrogen-bond donors (Lipinski definition) is 8. The van der Waals surface area contributed by atoms with Gasteiger partial charge < -0.3 is 69.9 Å². The first-order chi connectivity index (χ1) is 30.0. The fourth-order valence-corrected chi connectivity index (χ4v) is 7.77. The Hall–Kier alpha value is -3.83. The van der Waals surface area contributed by atoms with E-state index in [2.05, 4.69) is 0 Å². The van der Waals surface area contributed by atoms with E-state index in [1.165, 1.54) is 19.1 Å². The normalized spacial score (nSPS) is 39.4. The number of likely N-dealkylation sites (tertiary alicyclic amines) is 1. The average molecular weight is 926 g/mol. The molecule has 346 valence electrons. The number of ether oxygens (including phenoxy) is 6. The van der Waals surface area contributed by atoms with E-state index < -0.39 is 128 Å². The van der Waals surface area contributed by atoms with E-state index in [0.717, 1.165) is 17.4 Å². The zero-order chi connectivity index (χ0) is 46.0. The molecule has 5 saturated heterocycles. The number of halogens is 2. The lowest BCUT2D eigenvalue weighted by Crippen LogP contribution is -2.65. The molecular formula is C43H54Cl2N2O16. The van der Waals surface area contributed by atoms with Crippen molar-refractivity contribution in [2.75, 3.05) is 13.2 Å². The van der Waals surface area contributed by atoms with Crippen LogP contribution >= 0.6 is 23.2 Å². The van der Waals surface area contributed by atoms with Crippen molar-refractivity contribution < 1.29 is 78.6 Å². The molecule has 0 aromatic carbocycles. The summed E-state index contributed by atoms with van der Waals surface area (Å²) in [6, 6.07) is -1.64. The number of amides is 2. The van der Waals surface area contributed by atoms with Crippen molar-refractivity contribution in [3.05, 3.63) is 108 Å². The average Bonchev–Trinajstić information content (AvgIpc) is 3.78. The maximum Gasteiger partial charge on any atom is 0.264 e. The number of alkyl halides is 1. The Morgan fingerprint density at radius 2 is 1.43 bits per heavy atom. The van der Waals surface area contributed by atoms with Gasteiger partial charge in [0.15, 0.2) is 24.6 Å². The van der Waals surface area contributed by atoms with Gasteiger partial charge >= 0.3 is 0 Å². The lowest BCUT2D eigenvalue weighted by molar-refractivity contribution is -0.338. The lowest BCUT2D eigenvalue weighted by atomic mass is 10.0. The lowest BCUT2D eigenvalue weighted by Gasteiger charge is -2.46. The van der Waals surface area contributed by atoms with Crippen molar-refractivity contribution in [1.29, 1.82) is 0 Å². The smallest absolute Gasteiger partial charge is 0.264 e. The third-order valence-electron chi connectivity index (χ3n) is 10.6. The Bertz CT molecular complexity index is 1900. The van der Waals surface area contributed by atoms with Crippen LogP contribution in [0.2, 0.25) is 0 Å². The predicted molar refractivity (Wildman–Crippen MR) is 225 cm³/mol. The van der Waals surface area contributed by atoms with Crippen LogP contribution in [0.1, 0.15) is 26.7 Å². The van der Waals surface area contributed by atoms with E-state index in [1.54, 1.807) is 48.6 Å². The quantitative estimate of drug-likeness (QED) is 0.0347. The highest BCUT2D eigenvalue weighted by atomic mass is 35.5. The summed E-state index contributed by atoms with van der Waals surface area (Å²) in [5, 5.41) is 74.9. The molecule has 0 spiro atoms. The first kappa shape index (κ1) is 50.2. The van der Waals surface area contributed by atoms with Crippen molar-refractivity contribution in [1.82, 2.24) is 4.90 Å². The topological polar surface area (TPSA) is 277 Å². The van der Waals surface area contributed by atoms with Crippen LogP contribution in [-0.4, -0.2) is 169 Å². The molecule has 18 nitrogen and oxygen atoms in total. The Balaban J connectivity index is 1.19. The van der Waals surface area contributed by atoms with Gasteiger partial charge in [0.05, 0.1) is 43.3 Å². The van der Waals surface area contributed by atoms with Gasteiger partial charge in [-0.1, -0.05) is 84.5 Å². The second kappa shape index (κ2) is 23.4. The highest BCUT2D eigenvalue weighted by Gasteiger charge is 2.56. The number of ketones is 1. The van der Waals surface area contributed by atoms with Gasteiger partial charge in [-0.05, 0) is 38.5 Å². The number of primary amides is 1. The van der Waals surface area contributed by atoms with E-state index in [1.807, 2.05) is 31.2 Å². The number of carbonyl (C=O) groups excluding carboxylic acids is 3. The number of nitrogens with zero attached hydrogens (tertiary/aromatic N) is 1. The summed E-state index contributed by atoms with van der Waals surface area (Å²) in [6.45, 7) is 2.44. The standard InChI is InChI=1S/C43H54Cl2N2O16/c1-22-18-25(45)29(60-22)17-13-9-8-11-15-24(44)14-10-6-4-3-5-7-12-16-27(48)32-34(52)26(19-31(46)50)47(40(32)57)41-39(35(53)28(49)20-58-41)63-42-38(56)36(54)30(21-59-42)62-43-37(55)33(51)23(2)61-43/h3-17,22-23,25-26,28-30,33,35-39,41-43,48-49,51,53-56H,18-21H2,1-2H3,(H2,46,50)/b4-3+,7-5+,9-8+,10-6+,15-11+,16-12+,17-13+,24-14-,32-27-/t22-,23-,25+,26+,28-,29+,30-,33-,35+,36-,37+,38+,39-,41-,42+,43+/m1/s1. The van der Waals surface area contributed by atoms with Crippen LogP contribution in [0.5, 0.6) is 0 Å². The number of rotatable bonds is 16. The molecule has 5 rings (SSSR count). The van der Waals surface area contributed by atoms with Crippen molar-refractivity contribution in [2.24, 2.45) is 5.73 Å². The molecular weight excluding hydrogens is 871 g/mol. The molecule has 2 amide bonds. The van der Waals surface area contributed by atoms with Gasteiger partial charge in [0.1, 0.15) is 66.2 Å². The molecule has 0 bridgehead atoms. The fourth-order valence-electron chi connectivity index (χ4n) is 7.23. The Labute approximate surface area is 373 Å². The Kier molecular flexibility index (Phi) is 18.6. The molecule has 63 heavy (non-hydrogen) atoms. The van der Waals surface area contributed by atoms with Gasteiger partial charge in [-0.2, -0.15) is 0 Å². The van der Waals surface area contributed by atoms with Gasteiger partial charge in [-0.3, -0.25) is 19.3 Å². The molecule has 5 aliphatic heterocycles. The number of allylic oxidation sites excluding steroid dienone is 15. The minimum atomic E-state index is -1.90. The van der Waals surface area contributed by atoms with Gasteiger partial charge in [0.25, 0.3) is 5.91 Å². The Morgan fingerprint density at radius 3 is 2.06 bits per heavy atom. The summed E-state index contributed by atoms with van der Waals surface area (Å²) in [5.41, 5.74) is 4.70. The second-order valence-electron chi connectivity index (χ2n) is 15.3. The van der Waals surface area contributed by atoms with Crippen LogP contribution in [0.15, 0.2) is 108 Å². The van der Waals surface area contributed by atoms with Crippen molar-refractivity contribution in [3.63, 3.8) is 0 Å². The van der Waals surface area contributed by atoms with E-state index in [0.29, 0.717) is 5.03 Å². The summed E-state index contributed by atoms with van der Waals surface area (Å²) < 4.78 is 33.7. The van der Waals surface area contributed by atoms with Gasteiger partial charge in [-0.15, -0.1) is 11.6 Å². The summed E-state index contributed by atoms with van der Waals surface area (Å²) in [5.74, 6) is -3.89. The van der Waals surface area contributed by atoms with Crippen LogP contribution in [0.25, 0.3) is 0 Å². The van der Waals surface area contributed by atoms with Crippen molar-refractivity contribution >= 4 is 40.8 Å². The number of Topliss-reactive ketones (excluding diaryl/α,β-unsaturated/α-hetero) is 1. The highest BCUT2D eigenvalue weighted by molar-refractivity contribution is 6.31. The number of carbonyl (C=O) groups is 3. The SMILES string of the molecule is C[C@@H]1C[C@H](Cl)[C@H](/C=C/C=C/C=C/C(Cl)=C/C=C/C=C/C=C/C=C/C(O)=C2\C(=O)[C@H](CC(N)=O)N([C@@H]3OC[C@@H](O)[C@H](O)[C@H]3O[C@@H]3OC[C@@H](O[C@@H]4O[C@H](C)[C@@H](O)[C@@H]4O)[C@@H](O)[C@@H]3O)C2=O)O1. The zero-order valence-corrected chi connectivity index (χ0v) is 35.8. The van der Waals surface area contributed by atoms with E-state index in [9.17, 15) is 50.1 Å². The highest BCUT2D eigenvalue weighted by Crippen LogP contribution is 2.35. The van der Waals surface area contributed by atoms with Crippen LogP contribution < -0.4 is 5.73 Å². The monoisotopic (exact) mass is 924 g/mol. The van der Waals surface area contributed by atoms with E-state index >= 15 is 0 Å². The maximum absolute atomic E-state index is 13.9. The van der Waals surface area contributed by atoms with Crippen molar-refractivity contribution in [2.45, 2.75) is 124 Å². The molecule has 0 unspecified atom stereocenters. The summed E-state index contributed by atoms with van der Waals surface area (Å²) in [7, 11) is 0. The number of aliphatic hydroxyl groups is 7. The first-order valence-electron chi connectivity index (χ1n) is 20.2. The van der Waals surface area contributed by atoms with Gasteiger partial charge in [0, 0.05) is 5.03 Å². The summed E-state index contributed by atoms with van der Waals surface area (Å²) in [6.07, 6.45) is 6.55. The molecule has 0 aliphatic carbocycles. The molecule has 5 aliphatic rings. The fraction of sp³-hybridized carbons (Fsp3) is 0.512. The number of hydrogen-bond acceptors (Lipinski definition) is 16. The van der Waals surface area contributed by atoms with Crippen LogP contribution in [-0.2, 0) is 42.8 Å². The third kappa shape index (κ3) is 12.9. The minimum absolute atomic E-state index is 0.0390. The summed E-state index contributed by atoms with van der Waals surface area (Å²) in [4.78, 5) is 40.4. The zero-order valence-electron chi connectivity index (χ0n) is 34.3. The molecule has 0 radical (unpaired) electrons. The van der Waals surface area contributed by atoms with E-state index in [-0.39, 0.29) is 17.6 Å². The van der Waals surface area contributed by atoms with Crippen LogP contribution in [0.4, 0.5) is 0 Å². The number of aliphatic hydroxyl groups excluding tert-OH is 7. The molecule has 9 N–H and O–H groups in total. The molecule has 16 atom stereocenters. The summed E-state index contributed by atoms with van der Waals surface area (Å²) >= 11 is 12.5. The first-order valence-corrected chi connectivity index (χ1v) is 21.0. The largest absolute Gasteiger partial charge is 0.507 e. The van der Waals surface area contributed by atoms with Crippen molar-refractivity contribution in [3.8, 4) is 0 Å². The predicted octanol–water partition coefficient (Wildman–Crippen LogP) is 0.648. The van der Waals surface area contributed by atoms with Crippen LogP contribution in [0.3, 0.4) is 0 Å². The molecule has 0 aromatic rings. The Morgan fingerprint density at radius 1 is 0.794 bits per heavy atom. The maximum atomic E-state index is 13.9.